The fraction of sp³-hybridized carbons (Fsp3) is 0.500. The van der Waals surface area contributed by atoms with E-state index >= 15 is 0 Å². The number of hydrogen-bond donors (Lipinski definition) is 2. The molecule has 3 N–H and O–H groups in total. The van der Waals surface area contributed by atoms with Gasteiger partial charge in [-0.2, -0.15) is 0 Å². The van der Waals surface area contributed by atoms with Crippen LogP contribution in [0.2, 0.25) is 0 Å². The molecular weight excluding hydrogens is 228 g/mol. The molecule has 0 amide bonds. The summed E-state index contributed by atoms with van der Waals surface area (Å²) >= 11 is 0. The molecule has 1 heterocycles. The Bertz CT molecular complexity index is 383. The van der Waals surface area contributed by atoms with E-state index in [1.165, 1.54) is 12.8 Å². The van der Waals surface area contributed by atoms with Crippen molar-refractivity contribution in [2.75, 3.05) is 25.4 Å². The molecule has 4 nitrogen and oxygen atoms in total. The zero-order chi connectivity index (χ0) is 12.8. The largest absolute Gasteiger partial charge is 0.462 e. The van der Waals surface area contributed by atoms with E-state index in [2.05, 4.69) is 5.32 Å². The predicted molar refractivity (Wildman–Crippen MR) is 71.3 cm³/mol. The van der Waals surface area contributed by atoms with Crippen LogP contribution in [0.25, 0.3) is 0 Å². The van der Waals surface area contributed by atoms with Crippen LogP contribution in [0.4, 0.5) is 5.69 Å². The van der Waals surface area contributed by atoms with Crippen molar-refractivity contribution in [1.82, 2.24) is 5.32 Å². The molecule has 0 aromatic heterocycles. The molecule has 1 aromatic carbocycles. The van der Waals surface area contributed by atoms with Crippen LogP contribution in [0.1, 0.15) is 29.6 Å². The highest BCUT2D eigenvalue weighted by atomic mass is 16.5. The molecule has 0 saturated carbocycles. The molecule has 4 heteroatoms. The van der Waals surface area contributed by atoms with Crippen molar-refractivity contribution in [2.45, 2.75) is 19.3 Å². The van der Waals surface area contributed by atoms with Gasteiger partial charge >= 0.3 is 5.97 Å². The van der Waals surface area contributed by atoms with Gasteiger partial charge in [-0.3, -0.25) is 0 Å². The van der Waals surface area contributed by atoms with Gasteiger partial charge in [-0.15, -0.1) is 0 Å². The Morgan fingerprint density at radius 1 is 1.39 bits per heavy atom. The third kappa shape index (κ3) is 3.74. The third-order valence-corrected chi connectivity index (χ3v) is 3.30. The van der Waals surface area contributed by atoms with Gasteiger partial charge in [-0.1, -0.05) is 0 Å². The quantitative estimate of drug-likeness (QED) is 0.630. The molecule has 1 atom stereocenters. The molecule has 1 aliphatic rings. The molecule has 18 heavy (non-hydrogen) atoms. The molecule has 0 spiro atoms. The number of rotatable bonds is 4. The van der Waals surface area contributed by atoms with E-state index in [4.69, 9.17) is 10.5 Å². The van der Waals surface area contributed by atoms with Gasteiger partial charge in [0.05, 0.1) is 12.2 Å². The second-order valence-corrected chi connectivity index (χ2v) is 4.76. The first-order valence-electron chi connectivity index (χ1n) is 6.49. The maximum Gasteiger partial charge on any atom is 0.338 e. The van der Waals surface area contributed by atoms with E-state index in [9.17, 15) is 4.79 Å². The normalized spacial score (nSPS) is 19.4. The monoisotopic (exact) mass is 248 g/mol. The topological polar surface area (TPSA) is 64.4 Å². The lowest BCUT2D eigenvalue weighted by atomic mass is 9.97. The SMILES string of the molecule is Nc1ccc(C(=O)OCCC2CCCNC2)cc1. The summed E-state index contributed by atoms with van der Waals surface area (Å²) in [4.78, 5) is 11.7. The molecule has 2 rings (SSSR count). The second kappa shape index (κ2) is 6.40. The fourth-order valence-corrected chi connectivity index (χ4v) is 2.19. The van der Waals surface area contributed by atoms with Crippen LogP contribution in [-0.2, 0) is 4.74 Å². The number of benzene rings is 1. The van der Waals surface area contributed by atoms with E-state index in [0.29, 0.717) is 23.8 Å². The Kier molecular flexibility index (Phi) is 4.59. The van der Waals surface area contributed by atoms with Gasteiger partial charge < -0.3 is 15.8 Å². The van der Waals surface area contributed by atoms with Crippen molar-refractivity contribution >= 4 is 11.7 Å². The molecule has 1 saturated heterocycles. The molecule has 98 valence electrons. The lowest BCUT2D eigenvalue weighted by Crippen LogP contribution is -2.30. The molecular formula is C14H20N2O2. The Morgan fingerprint density at radius 2 is 2.17 bits per heavy atom. The van der Waals surface area contributed by atoms with Crippen LogP contribution in [-0.4, -0.2) is 25.7 Å². The maximum absolute atomic E-state index is 11.7. The average Bonchev–Trinajstić information content (AvgIpc) is 2.40. The molecule has 1 aromatic rings. The van der Waals surface area contributed by atoms with E-state index in [1.54, 1.807) is 24.3 Å². The summed E-state index contributed by atoms with van der Waals surface area (Å²) in [6.07, 6.45) is 3.39. The number of esters is 1. The minimum Gasteiger partial charge on any atom is -0.462 e. The highest BCUT2D eigenvalue weighted by Crippen LogP contribution is 2.14. The summed E-state index contributed by atoms with van der Waals surface area (Å²) in [5.41, 5.74) is 6.78. The van der Waals surface area contributed by atoms with Gasteiger partial charge in [0, 0.05) is 5.69 Å². The van der Waals surface area contributed by atoms with E-state index < -0.39 is 0 Å². The van der Waals surface area contributed by atoms with Crippen molar-refractivity contribution < 1.29 is 9.53 Å². The fourth-order valence-electron chi connectivity index (χ4n) is 2.19. The number of carbonyl (C=O) groups is 1. The summed E-state index contributed by atoms with van der Waals surface area (Å²) in [5, 5.41) is 3.36. The zero-order valence-electron chi connectivity index (χ0n) is 10.5. The standard InChI is InChI=1S/C14H20N2O2/c15-13-5-3-12(4-6-13)14(17)18-9-7-11-2-1-8-16-10-11/h3-6,11,16H,1-2,7-10,15H2. The highest BCUT2D eigenvalue weighted by Gasteiger charge is 2.14. The second-order valence-electron chi connectivity index (χ2n) is 4.76. The number of nitrogens with one attached hydrogen (secondary N) is 1. The van der Waals surface area contributed by atoms with Crippen molar-refractivity contribution in [3.05, 3.63) is 29.8 Å². The highest BCUT2D eigenvalue weighted by molar-refractivity contribution is 5.89. The Balaban J connectivity index is 1.72. The van der Waals surface area contributed by atoms with Gasteiger partial charge in [0.15, 0.2) is 0 Å². The Morgan fingerprint density at radius 3 is 2.83 bits per heavy atom. The number of carbonyl (C=O) groups excluding carboxylic acids is 1. The molecule has 0 bridgehead atoms. The first-order valence-corrected chi connectivity index (χ1v) is 6.49. The molecule has 1 fully saturated rings. The first-order chi connectivity index (χ1) is 8.75. The van der Waals surface area contributed by atoms with Crippen LogP contribution in [0.5, 0.6) is 0 Å². The Labute approximate surface area is 108 Å². The van der Waals surface area contributed by atoms with Crippen LogP contribution < -0.4 is 11.1 Å². The predicted octanol–water partition coefficient (Wildman–Crippen LogP) is 1.82. The summed E-state index contributed by atoms with van der Waals surface area (Å²) in [6.45, 7) is 2.65. The summed E-state index contributed by atoms with van der Waals surface area (Å²) < 4.78 is 5.26. The molecule has 0 aliphatic carbocycles. The van der Waals surface area contributed by atoms with Gasteiger partial charge in [0.25, 0.3) is 0 Å². The van der Waals surface area contributed by atoms with Crippen LogP contribution in [0, 0.1) is 5.92 Å². The van der Waals surface area contributed by atoms with Crippen LogP contribution >= 0.6 is 0 Å². The van der Waals surface area contributed by atoms with E-state index in [0.717, 1.165) is 19.5 Å². The number of nitrogen functional groups attached to an aromatic ring is 1. The summed E-state index contributed by atoms with van der Waals surface area (Å²) in [7, 11) is 0. The van der Waals surface area contributed by atoms with E-state index in [-0.39, 0.29) is 5.97 Å². The Hall–Kier alpha value is -1.55. The number of ether oxygens (including phenoxy) is 1. The van der Waals surface area contributed by atoms with Gasteiger partial charge in [-0.25, -0.2) is 4.79 Å². The van der Waals surface area contributed by atoms with Crippen molar-refractivity contribution in [3.63, 3.8) is 0 Å². The van der Waals surface area contributed by atoms with Crippen LogP contribution in [0.3, 0.4) is 0 Å². The van der Waals surface area contributed by atoms with Crippen LogP contribution in [0.15, 0.2) is 24.3 Å². The number of anilines is 1. The summed E-state index contributed by atoms with van der Waals surface area (Å²) in [6, 6.07) is 6.81. The summed E-state index contributed by atoms with van der Waals surface area (Å²) in [5.74, 6) is 0.372. The van der Waals surface area contributed by atoms with Crippen molar-refractivity contribution in [2.24, 2.45) is 5.92 Å². The van der Waals surface area contributed by atoms with Gasteiger partial charge in [0.2, 0.25) is 0 Å². The molecule has 1 unspecified atom stereocenters. The minimum atomic E-state index is -0.265. The van der Waals surface area contributed by atoms with Crippen molar-refractivity contribution in [3.8, 4) is 0 Å². The first kappa shape index (κ1) is 12.9. The zero-order valence-corrected chi connectivity index (χ0v) is 10.5. The average molecular weight is 248 g/mol. The lowest BCUT2D eigenvalue weighted by molar-refractivity contribution is 0.0477. The maximum atomic E-state index is 11.7. The smallest absolute Gasteiger partial charge is 0.338 e. The van der Waals surface area contributed by atoms with Crippen molar-refractivity contribution in [1.29, 1.82) is 0 Å². The number of nitrogens with two attached hydrogens (primary N) is 1. The van der Waals surface area contributed by atoms with E-state index in [1.807, 2.05) is 0 Å². The third-order valence-electron chi connectivity index (χ3n) is 3.30. The van der Waals surface area contributed by atoms with Gasteiger partial charge in [-0.05, 0) is 62.5 Å². The minimum absolute atomic E-state index is 0.265. The number of piperidine rings is 1. The molecule has 1 aliphatic heterocycles. The van der Waals surface area contributed by atoms with Gasteiger partial charge in [0.1, 0.15) is 0 Å². The number of hydrogen-bond acceptors (Lipinski definition) is 4. The molecule has 0 radical (unpaired) electrons. The lowest BCUT2D eigenvalue weighted by Gasteiger charge is -2.22.